The molecular formula is C10H11BrN4. The van der Waals surface area contributed by atoms with Gasteiger partial charge in [-0.1, -0.05) is 21.1 Å². The fourth-order valence-corrected chi connectivity index (χ4v) is 1.50. The number of halogens is 1. The van der Waals surface area contributed by atoms with Gasteiger partial charge in [0, 0.05) is 23.4 Å². The minimum Gasteiger partial charge on any atom is -0.379 e. The van der Waals surface area contributed by atoms with Gasteiger partial charge in [-0.05, 0) is 24.3 Å². The Hall–Kier alpha value is -1.36. The van der Waals surface area contributed by atoms with Gasteiger partial charge in [0.2, 0.25) is 0 Å². The van der Waals surface area contributed by atoms with Crippen LogP contribution in [0.2, 0.25) is 0 Å². The van der Waals surface area contributed by atoms with E-state index in [2.05, 4.69) is 31.6 Å². The van der Waals surface area contributed by atoms with Crippen molar-refractivity contribution >= 4 is 21.6 Å². The highest BCUT2D eigenvalue weighted by Crippen LogP contribution is 2.14. The van der Waals surface area contributed by atoms with Crippen LogP contribution in [0.1, 0.15) is 5.69 Å². The maximum atomic E-state index is 3.99. The van der Waals surface area contributed by atoms with E-state index in [1.807, 2.05) is 37.5 Å². The first-order chi connectivity index (χ1) is 7.24. The Bertz CT molecular complexity index is 435. The topological polar surface area (TPSA) is 42.7 Å². The molecule has 2 rings (SSSR count). The van der Waals surface area contributed by atoms with Gasteiger partial charge in [-0.2, -0.15) is 0 Å². The van der Waals surface area contributed by atoms with Crippen molar-refractivity contribution in [3.8, 4) is 0 Å². The van der Waals surface area contributed by atoms with Crippen LogP contribution in [0.5, 0.6) is 0 Å². The van der Waals surface area contributed by atoms with E-state index in [9.17, 15) is 0 Å². The zero-order valence-electron chi connectivity index (χ0n) is 8.31. The van der Waals surface area contributed by atoms with E-state index in [4.69, 9.17) is 0 Å². The third kappa shape index (κ3) is 2.79. The third-order valence-corrected chi connectivity index (χ3v) is 2.50. The molecule has 0 aliphatic rings. The molecule has 0 saturated carbocycles. The van der Waals surface area contributed by atoms with Gasteiger partial charge < -0.3 is 5.32 Å². The fraction of sp³-hybridized carbons (Fsp3) is 0.200. The minimum absolute atomic E-state index is 0.690. The smallest absolute Gasteiger partial charge is 0.102 e. The van der Waals surface area contributed by atoms with Gasteiger partial charge >= 0.3 is 0 Å². The molecule has 5 heteroatoms. The Labute approximate surface area is 96.4 Å². The lowest BCUT2D eigenvalue weighted by molar-refractivity contribution is 0.713. The number of hydrogen-bond donors (Lipinski definition) is 1. The van der Waals surface area contributed by atoms with E-state index < -0.39 is 0 Å². The van der Waals surface area contributed by atoms with Crippen LogP contribution in [0, 0.1) is 0 Å². The molecule has 0 saturated heterocycles. The molecule has 0 aliphatic carbocycles. The number of nitrogens with one attached hydrogen (secondary N) is 1. The molecule has 0 bridgehead atoms. The van der Waals surface area contributed by atoms with Crippen molar-refractivity contribution in [1.29, 1.82) is 0 Å². The molecule has 4 nitrogen and oxygen atoms in total. The summed E-state index contributed by atoms with van der Waals surface area (Å²) in [5.74, 6) is 0. The van der Waals surface area contributed by atoms with Crippen molar-refractivity contribution < 1.29 is 0 Å². The van der Waals surface area contributed by atoms with E-state index in [1.54, 1.807) is 4.68 Å². The predicted octanol–water partition coefficient (Wildman–Crippen LogP) is 2.19. The average Bonchev–Trinajstić information content (AvgIpc) is 2.64. The Kier molecular flexibility index (Phi) is 3.01. The first-order valence-electron chi connectivity index (χ1n) is 4.59. The van der Waals surface area contributed by atoms with E-state index >= 15 is 0 Å². The quantitative estimate of drug-likeness (QED) is 0.926. The zero-order chi connectivity index (χ0) is 10.7. The molecular weight excluding hydrogens is 256 g/mol. The Morgan fingerprint density at radius 3 is 2.67 bits per heavy atom. The summed E-state index contributed by atoms with van der Waals surface area (Å²) in [7, 11) is 1.86. The Balaban J connectivity index is 1.96. The summed E-state index contributed by atoms with van der Waals surface area (Å²) < 4.78 is 2.77. The summed E-state index contributed by atoms with van der Waals surface area (Å²) in [6, 6.07) is 8.03. The van der Waals surface area contributed by atoms with Crippen molar-refractivity contribution in [2.75, 3.05) is 5.32 Å². The largest absolute Gasteiger partial charge is 0.379 e. The number of aryl methyl sites for hydroxylation is 1. The summed E-state index contributed by atoms with van der Waals surface area (Å²) in [5, 5.41) is 11.1. The van der Waals surface area contributed by atoms with Gasteiger partial charge in [-0.25, -0.2) is 0 Å². The number of aromatic nitrogens is 3. The van der Waals surface area contributed by atoms with E-state index in [0.717, 1.165) is 15.9 Å². The van der Waals surface area contributed by atoms with Crippen LogP contribution in [0.3, 0.4) is 0 Å². The monoisotopic (exact) mass is 266 g/mol. The van der Waals surface area contributed by atoms with Crippen molar-refractivity contribution in [2.24, 2.45) is 7.05 Å². The number of nitrogens with zero attached hydrogens (tertiary/aromatic N) is 3. The first-order valence-corrected chi connectivity index (χ1v) is 5.38. The molecule has 78 valence electrons. The zero-order valence-corrected chi connectivity index (χ0v) is 9.90. The van der Waals surface area contributed by atoms with E-state index in [-0.39, 0.29) is 0 Å². The SMILES string of the molecule is Cn1cc(CNc2ccc(Br)cc2)nn1. The van der Waals surface area contributed by atoms with Crippen LogP contribution in [-0.2, 0) is 13.6 Å². The lowest BCUT2D eigenvalue weighted by Crippen LogP contribution is -1.99. The second-order valence-electron chi connectivity index (χ2n) is 3.24. The standard InChI is InChI=1S/C10H11BrN4/c1-15-7-10(13-14-15)6-12-9-4-2-8(11)3-5-9/h2-5,7,12H,6H2,1H3. The van der Waals surface area contributed by atoms with Crippen LogP contribution < -0.4 is 5.32 Å². The highest BCUT2D eigenvalue weighted by atomic mass is 79.9. The molecule has 0 aliphatic heterocycles. The molecule has 2 aromatic rings. The van der Waals surface area contributed by atoms with Gasteiger partial charge in [0.05, 0.1) is 6.54 Å². The molecule has 0 atom stereocenters. The Morgan fingerprint density at radius 2 is 2.07 bits per heavy atom. The minimum atomic E-state index is 0.690. The van der Waals surface area contributed by atoms with Gasteiger partial charge in [0.15, 0.2) is 0 Å². The average molecular weight is 267 g/mol. The maximum Gasteiger partial charge on any atom is 0.102 e. The number of anilines is 1. The molecule has 1 N–H and O–H groups in total. The molecule has 0 spiro atoms. The van der Waals surface area contributed by atoms with E-state index in [0.29, 0.717) is 6.54 Å². The Morgan fingerprint density at radius 1 is 1.33 bits per heavy atom. The molecule has 1 heterocycles. The van der Waals surface area contributed by atoms with Gasteiger partial charge in [0.1, 0.15) is 5.69 Å². The molecule has 0 radical (unpaired) electrons. The predicted molar refractivity (Wildman–Crippen MR) is 62.5 cm³/mol. The number of rotatable bonds is 3. The maximum absolute atomic E-state index is 3.99. The second-order valence-corrected chi connectivity index (χ2v) is 4.16. The van der Waals surface area contributed by atoms with Gasteiger partial charge in [-0.3, -0.25) is 4.68 Å². The van der Waals surface area contributed by atoms with Crippen molar-refractivity contribution in [2.45, 2.75) is 6.54 Å². The lowest BCUT2D eigenvalue weighted by atomic mass is 10.3. The summed E-state index contributed by atoms with van der Waals surface area (Å²) in [6.45, 7) is 0.690. The fourth-order valence-electron chi connectivity index (χ4n) is 1.24. The van der Waals surface area contributed by atoms with E-state index in [1.165, 1.54) is 0 Å². The summed E-state index contributed by atoms with van der Waals surface area (Å²) in [5.41, 5.74) is 2.00. The number of benzene rings is 1. The second kappa shape index (κ2) is 4.44. The lowest BCUT2D eigenvalue weighted by Gasteiger charge is -2.03. The van der Waals surface area contributed by atoms with Gasteiger partial charge in [-0.15, -0.1) is 5.10 Å². The molecule has 0 amide bonds. The van der Waals surface area contributed by atoms with Crippen LogP contribution in [0.15, 0.2) is 34.9 Å². The van der Waals surface area contributed by atoms with Crippen LogP contribution in [0.25, 0.3) is 0 Å². The van der Waals surface area contributed by atoms with Crippen LogP contribution in [0.4, 0.5) is 5.69 Å². The molecule has 0 fully saturated rings. The van der Waals surface area contributed by atoms with Crippen LogP contribution >= 0.6 is 15.9 Å². The summed E-state index contributed by atoms with van der Waals surface area (Å²) in [6.07, 6.45) is 1.89. The van der Waals surface area contributed by atoms with Crippen molar-refractivity contribution in [3.05, 3.63) is 40.6 Å². The highest BCUT2D eigenvalue weighted by molar-refractivity contribution is 9.10. The molecule has 15 heavy (non-hydrogen) atoms. The third-order valence-electron chi connectivity index (χ3n) is 1.97. The van der Waals surface area contributed by atoms with Gasteiger partial charge in [0.25, 0.3) is 0 Å². The molecule has 0 unspecified atom stereocenters. The van der Waals surface area contributed by atoms with Crippen LogP contribution in [-0.4, -0.2) is 15.0 Å². The highest BCUT2D eigenvalue weighted by Gasteiger charge is 1.97. The van der Waals surface area contributed by atoms with Crippen molar-refractivity contribution in [1.82, 2.24) is 15.0 Å². The number of hydrogen-bond acceptors (Lipinski definition) is 3. The normalized spacial score (nSPS) is 10.3. The molecule has 1 aromatic heterocycles. The summed E-state index contributed by atoms with van der Waals surface area (Å²) >= 11 is 3.39. The summed E-state index contributed by atoms with van der Waals surface area (Å²) in [4.78, 5) is 0. The van der Waals surface area contributed by atoms with Crippen molar-refractivity contribution in [3.63, 3.8) is 0 Å². The first kappa shape index (κ1) is 10.2. The molecule has 1 aromatic carbocycles.